The third-order valence-corrected chi connectivity index (χ3v) is 4.23. The van der Waals surface area contributed by atoms with E-state index in [0.717, 1.165) is 24.2 Å². The first kappa shape index (κ1) is 16.6. The second-order valence-electron chi connectivity index (χ2n) is 6.02. The highest BCUT2D eigenvalue weighted by Crippen LogP contribution is 2.15. The molecule has 0 aromatic carbocycles. The number of aryl methyl sites for hydroxylation is 3. The highest BCUT2D eigenvalue weighted by atomic mass is 16.5. The largest absolute Gasteiger partial charge is 0.377 e. The number of carbonyl (C=O) groups excluding carboxylic acids is 1. The van der Waals surface area contributed by atoms with Gasteiger partial charge in [-0.25, -0.2) is 0 Å². The molecule has 24 heavy (non-hydrogen) atoms. The molecule has 7 heteroatoms. The Balaban J connectivity index is 1.54. The number of morpholine rings is 1. The van der Waals surface area contributed by atoms with Gasteiger partial charge in [-0.3, -0.25) is 19.4 Å². The molecule has 7 nitrogen and oxygen atoms in total. The smallest absolute Gasteiger partial charge is 0.224 e. The second kappa shape index (κ2) is 8.01. The standard InChI is InChI=1S/C17H23N5O2/c1-14-4-8-21(20-14)9-5-17(23)22-10-11-24-13-16(22)3-2-15-12-18-6-7-19-15/h4,6-8,12,16H,2-3,5,9-11,13H2,1H3/t16-/m1/s1. The van der Waals surface area contributed by atoms with Crippen molar-refractivity contribution in [3.8, 4) is 0 Å². The summed E-state index contributed by atoms with van der Waals surface area (Å²) in [5.41, 5.74) is 1.91. The molecule has 128 valence electrons. The lowest BCUT2D eigenvalue weighted by Gasteiger charge is -2.35. The Labute approximate surface area is 141 Å². The van der Waals surface area contributed by atoms with Crippen molar-refractivity contribution < 1.29 is 9.53 Å². The number of amides is 1. The van der Waals surface area contributed by atoms with Crippen LogP contribution in [0.4, 0.5) is 0 Å². The fourth-order valence-corrected chi connectivity index (χ4v) is 2.94. The van der Waals surface area contributed by atoms with Crippen molar-refractivity contribution in [1.29, 1.82) is 0 Å². The van der Waals surface area contributed by atoms with Gasteiger partial charge in [0.1, 0.15) is 0 Å². The van der Waals surface area contributed by atoms with Crippen LogP contribution in [0.25, 0.3) is 0 Å². The SMILES string of the molecule is Cc1ccn(CCC(=O)N2CCOC[C@H]2CCc2cnccn2)n1. The molecule has 0 aliphatic carbocycles. The lowest BCUT2D eigenvalue weighted by atomic mass is 10.1. The Kier molecular flexibility index (Phi) is 5.53. The molecule has 1 atom stereocenters. The zero-order valence-corrected chi connectivity index (χ0v) is 14.0. The zero-order valence-electron chi connectivity index (χ0n) is 14.0. The summed E-state index contributed by atoms with van der Waals surface area (Å²) in [6.07, 6.45) is 9.14. The van der Waals surface area contributed by atoms with Crippen molar-refractivity contribution in [3.05, 3.63) is 42.2 Å². The Morgan fingerprint density at radius 1 is 1.42 bits per heavy atom. The summed E-state index contributed by atoms with van der Waals surface area (Å²) < 4.78 is 7.39. The Hall–Kier alpha value is -2.28. The summed E-state index contributed by atoms with van der Waals surface area (Å²) in [5, 5.41) is 4.33. The lowest BCUT2D eigenvalue weighted by molar-refractivity contribution is -0.140. The number of nitrogens with zero attached hydrogens (tertiary/aromatic N) is 5. The van der Waals surface area contributed by atoms with Crippen LogP contribution in [0, 0.1) is 6.92 Å². The van der Waals surface area contributed by atoms with E-state index in [0.29, 0.717) is 32.7 Å². The highest BCUT2D eigenvalue weighted by Gasteiger charge is 2.26. The van der Waals surface area contributed by atoms with E-state index in [1.807, 2.05) is 28.8 Å². The van der Waals surface area contributed by atoms with Crippen LogP contribution in [0.15, 0.2) is 30.9 Å². The van der Waals surface area contributed by atoms with Crippen LogP contribution in [0.3, 0.4) is 0 Å². The maximum Gasteiger partial charge on any atom is 0.224 e. The molecular weight excluding hydrogens is 306 g/mol. The van der Waals surface area contributed by atoms with Gasteiger partial charge in [0.25, 0.3) is 0 Å². The molecular formula is C17H23N5O2. The molecule has 0 N–H and O–H groups in total. The maximum atomic E-state index is 12.6. The number of ether oxygens (including phenoxy) is 1. The molecule has 1 saturated heterocycles. The van der Waals surface area contributed by atoms with Gasteiger partial charge < -0.3 is 9.64 Å². The van der Waals surface area contributed by atoms with Crippen LogP contribution >= 0.6 is 0 Å². The van der Waals surface area contributed by atoms with Gasteiger partial charge in [0.15, 0.2) is 0 Å². The van der Waals surface area contributed by atoms with Crippen LogP contribution in [0.5, 0.6) is 0 Å². The van der Waals surface area contributed by atoms with Gasteiger partial charge in [-0.15, -0.1) is 0 Å². The second-order valence-corrected chi connectivity index (χ2v) is 6.02. The van der Waals surface area contributed by atoms with E-state index in [1.54, 1.807) is 18.6 Å². The number of rotatable bonds is 6. The topological polar surface area (TPSA) is 73.1 Å². The minimum atomic E-state index is 0.104. The first-order chi connectivity index (χ1) is 11.7. The van der Waals surface area contributed by atoms with E-state index in [9.17, 15) is 4.79 Å². The van der Waals surface area contributed by atoms with Crippen molar-refractivity contribution in [2.45, 2.75) is 38.8 Å². The van der Waals surface area contributed by atoms with Crippen molar-refractivity contribution in [3.63, 3.8) is 0 Å². The fourth-order valence-electron chi connectivity index (χ4n) is 2.94. The molecule has 0 spiro atoms. The van der Waals surface area contributed by atoms with E-state index in [2.05, 4.69) is 15.1 Å². The number of aromatic nitrogens is 4. The van der Waals surface area contributed by atoms with Gasteiger partial charge in [0.2, 0.25) is 5.91 Å². The number of carbonyl (C=O) groups is 1. The number of hydrogen-bond donors (Lipinski definition) is 0. The molecule has 0 unspecified atom stereocenters. The zero-order chi connectivity index (χ0) is 16.8. The first-order valence-corrected chi connectivity index (χ1v) is 8.34. The van der Waals surface area contributed by atoms with E-state index in [-0.39, 0.29) is 11.9 Å². The molecule has 1 fully saturated rings. The molecule has 2 aromatic heterocycles. The van der Waals surface area contributed by atoms with Crippen LogP contribution in [-0.2, 0) is 22.5 Å². The van der Waals surface area contributed by atoms with Crippen molar-refractivity contribution in [2.75, 3.05) is 19.8 Å². The quantitative estimate of drug-likeness (QED) is 0.797. The molecule has 2 aromatic rings. The van der Waals surface area contributed by atoms with Crippen molar-refractivity contribution >= 4 is 5.91 Å². The summed E-state index contributed by atoms with van der Waals surface area (Å²) in [5.74, 6) is 0.163. The van der Waals surface area contributed by atoms with Gasteiger partial charge in [-0.05, 0) is 25.8 Å². The van der Waals surface area contributed by atoms with E-state index >= 15 is 0 Å². The minimum Gasteiger partial charge on any atom is -0.377 e. The average molecular weight is 329 g/mol. The Bertz CT molecular complexity index is 658. The van der Waals surface area contributed by atoms with Gasteiger partial charge >= 0.3 is 0 Å². The van der Waals surface area contributed by atoms with Gasteiger partial charge in [-0.1, -0.05) is 0 Å². The average Bonchev–Trinajstić information content (AvgIpc) is 3.04. The van der Waals surface area contributed by atoms with Gasteiger partial charge in [0, 0.05) is 44.3 Å². The van der Waals surface area contributed by atoms with E-state index < -0.39 is 0 Å². The van der Waals surface area contributed by atoms with Gasteiger partial charge in [-0.2, -0.15) is 5.10 Å². The highest BCUT2D eigenvalue weighted by molar-refractivity contribution is 5.76. The fraction of sp³-hybridized carbons (Fsp3) is 0.529. The predicted octanol–water partition coefficient (Wildman–Crippen LogP) is 1.23. The van der Waals surface area contributed by atoms with E-state index in [1.165, 1.54) is 0 Å². The summed E-state index contributed by atoms with van der Waals surface area (Å²) in [6, 6.07) is 2.05. The van der Waals surface area contributed by atoms with Crippen LogP contribution in [0.1, 0.15) is 24.2 Å². The van der Waals surface area contributed by atoms with Crippen molar-refractivity contribution in [1.82, 2.24) is 24.6 Å². The summed E-state index contributed by atoms with van der Waals surface area (Å²) in [6.45, 7) is 4.41. The predicted molar refractivity (Wildman–Crippen MR) is 88.3 cm³/mol. The summed E-state index contributed by atoms with van der Waals surface area (Å²) in [7, 11) is 0. The van der Waals surface area contributed by atoms with Crippen LogP contribution < -0.4 is 0 Å². The molecule has 1 amide bonds. The van der Waals surface area contributed by atoms with E-state index in [4.69, 9.17) is 4.74 Å². The summed E-state index contributed by atoms with van der Waals surface area (Å²) >= 11 is 0. The third kappa shape index (κ3) is 4.38. The molecule has 1 aliphatic heterocycles. The van der Waals surface area contributed by atoms with Crippen LogP contribution in [0.2, 0.25) is 0 Å². The normalized spacial score (nSPS) is 17.9. The van der Waals surface area contributed by atoms with Crippen molar-refractivity contribution in [2.24, 2.45) is 0 Å². The first-order valence-electron chi connectivity index (χ1n) is 8.34. The molecule has 0 radical (unpaired) electrons. The Morgan fingerprint density at radius 2 is 2.33 bits per heavy atom. The molecule has 0 bridgehead atoms. The Morgan fingerprint density at radius 3 is 3.08 bits per heavy atom. The molecule has 1 aliphatic rings. The third-order valence-electron chi connectivity index (χ3n) is 4.23. The molecule has 3 heterocycles. The minimum absolute atomic E-state index is 0.104. The summed E-state index contributed by atoms with van der Waals surface area (Å²) in [4.78, 5) is 22.9. The number of hydrogen-bond acceptors (Lipinski definition) is 5. The van der Waals surface area contributed by atoms with Crippen LogP contribution in [-0.4, -0.2) is 56.4 Å². The lowest BCUT2D eigenvalue weighted by Crippen LogP contribution is -2.49. The monoisotopic (exact) mass is 329 g/mol. The maximum absolute atomic E-state index is 12.6. The molecule has 3 rings (SSSR count). The van der Waals surface area contributed by atoms with Gasteiger partial charge in [0.05, 0.1) is 30.6 Å². The molecule has 0 saturated carbocycles.